The first-order valence-electron chi connectivity index (χ1n) is 12.4. The van der Waals surface area contributed by atoms with Gasteiger partial charge < -0.3 is 15.5 Å². The molecule has 0 spiro atoms. The molecule has 3 amide bonds. The van der Waals surface area contributed by atoms with Gasteiger partial charge in [-0.2, -0.15) is 0 Å². The number of carbonyl (C=O) groups excluding carboxylic acids is 2. The van der Waals surface area contributed by atoms with E-state index in [1.54, 1.807) is 11.0 Å². The predicted molar refractivity (Wildman–Crippen MR) is 144 cm³/mol. The van der Waals surface area contributed by atoms with Gasteiger partial charge in [0, 0.05) is 35.2 Å². The van der Waals surface area contributed by atoms with Crippen LogP contribution in [0.2, 0.25) is 10.0 Å². The van der Waals surface area contributed by atoms with Crippen LogP contribution < -0.4 is 5.73 Å². The lowest BCUT2D eigenvalue weighted by Crippen LogP contribution is -2.48. The summed E-state index contributed by atoms with van der Waals surface area (Å²) >= 11 is 16.7. The number of aryl methyl sites for hydroxylation is 2. The predicted octanol–water partition coefficient (Wildman–Crippen LogP) is 4.12. The van der Waals surface area contributed by atoms with Gasteiger partial charge in [0.05, 0.1) is 23.7 Å². The molecule has 0 radical (unpaired) electrons. The number of hydrogen-bond donors (Lipinski definition) is 1. The second-order valence-corrected chi connectivity index (χ2v) is 11.5. The first-order chi connectivity index (χ1) is 17.3. The van der Waals surface area contributed by atoms with E-state index in [1.807, 2.05) is 17.2 Å². The molecule has 190 valence electrons. The van der Waals surface area contributed by atoms with Gasteiger partial charge in [-0.3, -0.25) is 4.79 Å². The van der Waals surface area contributed by atoms with Crippen molar-refractivity contribution in [2.24, 2.45) is 11.7 Å². The van der Waals surface area contributed by atoms with Crippen LogP contribution in [0.5, 0.6) is 0 Å². The van der Waals surface area contributed by atoms with Gasteiger partial charge in [-0.05, 0) is 76.9 Å². The highest BCUT2D eigenvalue weighted by atomic mass is 79.9. The first kappa shape index (κ1) is 25.5. The Kier molecular flexibility index (Phi) is 7.56. The number of amides is 3. The van der Waals surface area contributed by atoms with Crippen molar-refractivity contribution in [3.05, 3.63) is 61.3 Å². The zero-order valence-corrected chi connectivity index (χ0v) is 23.1. The van der Waals surface area contributed by atoms with Crippen LogP contribution >= 0.6 is 39.1 Å². The Morgan fingerprint density at radius 2 is 1.72 bits per heavy atom. The standard InChI is InChI=1S/C26H28BrCl2N5O2/c27-19-12-18-2-1-17-13-20(28)14-21(29)23(17)25(24(18)31-15-19)33-9-7-32(8-10-33)22(35)11-16-3-5-34(6-4-16)26(30)36/h12-16H,1-11H2,(H-,30,36)/p+1. The average Bonchev–Trinajstić information content (AvgIpc) is 3.01. The van der Waals surface area contributed by atoms with E-state index in [0.29, 0.717) is 61.7 Å². The summed E-state index contributed by atoms with van der Waals surface area (Å²) in [4.78, 5) is 32.9. The van der Waals surface area contributed by atoms with E-state index in [0.717, 1.165) is 52.7 Å². The third kappa shape index (κ3) is 5.27. The fourth-order valence-corrected chi connectivity index (χ4v) is 6.59. The molecule has 3 heterocycles. The molecule has 0 unspecified atom stereocenters. The molecular weight excluding hydrogens is 565 g/mol. The molecule has 2 aliphatic heterocycles. The third-order valence-corrected chi connectivity index (χ3v) is 8.48. The number of likely N-dealkylation sites (tertiary alicyclic amines) is 1. The van der Waals surface area contributed by atoms with Crippen molar-refractivity contribution < 1.29 is 14.2 Å². The van der Waals surface area contributed by atoms with Gasteiger partial charge in [-0.15, -0.1) is 0 Å². The van der Waals surface area contributed by atoms with E-state index in [9.17, 15) is 9.59 Å². The van der Waals surface area contributed by atoms with Crippen LogP contribution in [0.3, 0.4) is 0 Å². The van der Waals surface area contributed by atoms with Gasteiger partial charge in [0.15, 0.2) is 13.1 Å². The maximum Gasteiger partial charge on any atom is 0.314 e. The van der Waals surface area contributed by atoms with Crippen molar-refractivity contribution >= 4 is 56.8 Å². The Labute approximate surface area is 229 Å². The maximum absolute atomic E-state index is 13.1. The monoisotopic (exact) mass is 592 g/mol. The molecule has 36 heavy (non-hydrogen) atoms. The summed E-state index contributed by atoms with van der Waals surface area (Å²) in [6.45, 7) is 3.97. The number of nitrogens with zero attached hydrogens (tertiary/aromatic N) is 4. The number of halogens is 3. The minimum absolute atomic E-state index is 0.186. The lowest BCUT2D eigenvalue weighted by atomic mass is 9.93. The number of aromatic nitrogens is 1. The Bertz CT molecular complexity index is 1230. The number of primary amides is 1. The molecule has 1 aliphatic carbocycles. The van der Waals surface area contributed by atoms with Gasteiger partial charge >= 0.3 is 6.03 Å². The number of carbonyl (C=O) groups is 2. The molecule has 1 aromatic heterocycles. The van der Waals surface area contributed by atoms with Crippen LogP contribution in [-0.4, -0.2) is 76.3 Å². The molecule has 2 fully saturated rings. The summed E-state index contributed by atoms with van der Waals surface area (Å²) in [6, 6.07) is 5.56. The second-order valence-electron chi connectivity index (χ2n) is 9.77. The number of pyridine rings is 1. The van der Waals surface area contributed by atoms with E-state index >= 15 is 0 Å². The number of hydrogen-bond acceptors (Lipinski definition) is 3. The molecule has 1 aromatic carbocycles. The molecule has 0 bridgehead atoms. The van der Waals surface area contributed by atoms with Gasteiger partial charge in [-0.25, -0.2) is 14.4 Å². The Morgan fingerprint density at radius 1 is 1.03 bits per heavy atom. The van der Waals surface area contributed by atoms with Crippen molar-refractivity contribution in [1.82, 2.24) is 14.8 Å². The molecule has 2 saturated heterocycles. The number of urea groups is 1. The van der Waals surface area contributed by atoms with Gasteiger partial charge in [0.25, 0.3) is 0 Å². The van der Waals surface area contributed by atoms with E-state index in [-0.39, 0.29) is 11.9 Å². The third-order valence-electron chi connectivity index (χ3n) is 7.53. The number of piperazine rings is 1. The van der Waals surface area contributed by atoms with Crippen LogP contribution in [-0.2, 0) is 17.6 Å². The van der Waals surface area contributed by atoms with Crippen LogP contribution in [0.1, 0.15) is 41.6 Å². The number of piperidine rings is 1. The van der Waals surface area contributed by atoms with Crippen molar-refractivity contribution in [3.8, 4) is 0 Å². The largest absolute Gasteiger partial charge is 0.351 e. The van der Waals surface area contributed by atoms with E-state index < -0.39 is 0 Å². The quantitative estimate of drug-likeness (QED) is 0.532. The fourth-order valence-electron chi connectivity index (χ4n) is 5.58. The summed E-state index contributed by atoms with van der Waals surface area (Å²) in [5.74, 6) is 0.484. The molecule has 3 aliphatic rings. The maximum atomic E-state index is 13.1. The minimum Gasteiger partial charge on any atom is -0.351 e. The summed E-state index contributed by atoms with van der Waals surface area (Å²) in [6.07, 6.45) is 5.68. The highest BCUT2D eigenvalue weighted by molar-refractivity contribution is 9.10. The molecule has 5 rings (SSSR count). The van der Waals surface area contributed by atoms with Crippen molar-refractivity contribution in [2.45, 2.75) is 32.1 Å². The van der Waals surface area contributed by atoms with Crippen molar-refractivity contribution in [3.63, 3.8) is 0 Å². The van der Waals surface area contributed by atoms with Gasteiger partial charge in [0.1, 0.15) is 5.69 Å². The molecule has 0 saturated carbocycles. The number of fused-ring (bicyclic) bond motifs is 2. The molecule has 10 heteroatoms. The Balaban J connectivity index is 1.37. The Morgan fingerprint density at radius 3 is 2.42 bits per heavy atom. The lowest BCUT2D eigenvalue weighted by molar-refractivity contribution is -0.537. The number of benzene rings is 1. The highest BCUT2D eigenvalue weighted by Crippen LogP contribution is 2.33. The average molecular weight is 594 g/mol. The van der Waals surface area contributed by atoms with E-state index in [4.69, 9.17) is 33.9 Å². The van der Waals surface area contributed by atoms with Crippen molar-refractivity contribution in [1.29, 1.82) is 0 Å². The zero-order valence-electron chi connectivity index (χ0n) is 20.0. The fraction of sp³-hybridized carbons (Fsp3) is 0.462. The van der Waals surface area contributed by atoms with Crippen LogP contribution in [0.25, 0.3) is 0 Å². The van der Waals surface area contributed by atoms with Crippen LogP contribution in [0.4, 0.5) is 4.79 Å². The second kappa shape index (κ2) is 10.7. The van der Waals surface area contributed by atoms with E-state index in [1.165, 1.54) is 5.56 Å². The number of nitrogens with two attached hydrogens (primary N) is 1. The molecule has 0 atom stereocenters. The summed E-state index contributed by atoms with van der Waals surface area (Å²) in [5.41, 5.74) is 10.6. The van der Waals surface area contributed by atoms with Crippen LogP contribution in [0, 0.1) is 5.92 Å². The number of rotatable bonds is 2. The Hall–Kier alpha value is -2.16. The van der Waals surface area contributed by atoms with Crippen LogP contribution in [0.15, 0.2) is 28.9 Å². The molecule has 2 N–H and O–H groups in total. The van der Waals surface area contributed by atoms with Gasteiger partial charge in [-0.1, -0.05) is 23.2 Å². The van der Waals surface area contributed by atoms with Crippen molar-refractivity contribution in [2.75, 3.05) is 39.3 Å². The van der Waals surface area contributed by atoms with E-state index in [2.05, 4.69) is 26.6 Å². The lowest BCUT2D eigenvalue weighted by Gasteiger charge is -2.32. The topological polar surface area (TPSA) is 82.5 Å². The zero-order chi connectivity index (χ0) is 25.4. The highest BCUT2D eigenvalue weighted by Gasteiger charge is 2.34. The summed E-state index contributed by atoms with van der Waals surface area (Å²) in [5, 5.41) is 1.26. The SMILES string of the molecule is NC(=O)N1CCC(CC(=O)N2CC[N+](=C3c4ncc(Br)cc4CCc4cc(Cl)cc(Cl)c43)CC2)CC1. The summed E-state index contributed by atoms with van der Waals surface area (Å²) in [7, 11) is 0. The molecular formula is C26H29BrCl2N5O2+. The van der Waals surface area contributed by atoms with Gasteiger partial charge in [0.2, 0.25) is 11.6 Å². The first-order valence-corrected chi connectivity index (χ1v) is 13.9. The molecule has 2 aromatic rings. The summed E-state index contributed by atoms with van der Waals surface area (Å²) < 4.78 is 3.27. The normalized spacial score (nSPS) is 18.5. The molecule has 7 nitrogen and oxygen atoms in total. The minimum atomic E-state index is -0.376. The smallest absolute Gasteiger partial charge is 0.314 e.